The first kappa shape index (κ1) is 30.5. The molecule has 11 nitrogen and oxygen atoms in total. The van der Waals surface area contributed by atoms with Crippen molar-refractivity contribution in [3.63, 3.8) is 0 Å². The van der Waals surface area contributed by atoms with Crippen LogP contribution in [0.25, 0.3) is 11.2 Å². The van der Waals surface area contributed by atoms with Crippen LogP contribution in [0.3, 0.4) is 0 Å². The van der Waals surface area contributed by atoms with E-state index in [0.29, 0.717) is 33.5 Å². The van der Waals surface area contributed by atoms with Crippen molar-refractivity contribution in [3.05, 3.63) is 47.5 Å². The van der Waals surface area contributed by atoms with Gasteiger partial charge in [-0.3, -0.25) is 0 Å². The van der Waals surface area contributed by atoms with E-state index in [0.717, 1.165) is 5.56 Å². The molecule has 37 heavy (non-hydrogen) atoms. The summed E-state index contributed by atoms with van der Waals surface area (Å²) in [7, 11) is -1.96. The molecule has 0 spiro atoms. The van der Waals surface area contributed by atoms with Crippen molar-refractivity contribution in [2.45, 2.75) is 58.9 Å². The van der Waals surface area contributed by atoms with Crippen LogP contribution in [0.1, 0.15) is 40.2 Å². The summed E-state index contributed by atoms with van der Waals surface area (Å²) in [6, 6.07) is 7.11. The van der Waals surface area contributed by atoms with Gasteiger partial charge < -0.3 is 25.5 Å². The number of nitrogen functional groups attached to an aromatic ring is 1. The zero-order valence-corrected chi connectivity index (χ0v) is 23.8. The third kappa shape index (κ3) is 9.56. The summed E-state index contributed by atoms with van der Waals surface area (Å²) >= 11 is 10.4. The Morgan fingerprint density at radius 2 is 1.86 bits per heavy atom. The summed E-state index contributed by atoms with van der Waals surface area (Å²) in [6.45, 7) is 9.06. The molecule has 5 N–H and O–H groups in total. The molecule has 0 bridgehead atoms. The highest BCUT2D eigenvalue weighted by atomic mass is 35.5. The molecule has 0 radical (unpaired) electrons. The molecule has 2 heterocycles. The fourth-order valence-corrected chi connectivity index (χ4v) is 4.35. The van der Waals surface area contributed by atoms with Gasteiger partial charge in [-0.25, -0.2) is 19.7 Å². The van der Waals surface area contributed by atoms with Crippen LogP contribution in [0.5, 0.6) is 0 Å². The van der Waals surface area contributed by atoms with Gasteiger partial charge in [0.2, 0.25) is 0 Å². The molecule has 2 unspecified atom stereocenters. The van der Waals surface area contributed by atoms with Gasteiger partial charge in [0.15, 0.2) is 17.0 Å². The quantitative estimate of drug-likeness (QED) is 0.185. The molecule has 0 aliphatic heterocycles. The topological polar surface area (TPSA) is 160 Å². The number of thiocarbonyl (C=S) groups is 1. The summed E-state index contributed by atoms with van der Waals surface area (Å²) < 4.78 is 24.9. The minimum Gasteiger partial charge on any atom is -0.462 e. The van der Waals surface area contributed by atoms with E-state index < -0.39 is 19.5 Å². The number of hydrogen-bond acceptors (Lipinski definition) is 9. The van der Waals surface area contributed by atoms with Crippen LogP contribution < -0.4 is 16.6 Å². The predicted molar refractivity (Wildman–Crippen MR) is 149 cm³/mol. The van der Waals surface area contributed by atoms with E-state index in [1.807, 2.05) is 6.92 Å². The molecule has 1 aromatic carbocycles. The predicted octanol–water partition coefficient (Wildman–Crippen LogP) is 3.81. The van der Waals surface area contributed by atoms with E-state index >= 15 is 0 Å². The molecular formula is C23H32ClN7O4PS+. The number of rotatable bonds is 10. The molecule has 0 saturated heterocycles. The maximum atomic E-state index is 12.3. The van der Waals surface area contributed by atoms with Gasteiger partial charge in [-0.05, 0) is 51.3 Å². The Balaban J connectivity index is 0.000000402. The van der Waals surface area contributed by atoms with Gasteiger partial charge in [0, 0.05) is 10.6 Å². The molecule has 200 valence electrons. The SMILES string of the molecule is CC(C)OC(=O)C(C)(C)N[P+](=O)COC(C)Cn1cnc2c(N)ncnc21.NC(=S)c1ccc(Cl)cc1. The second-order valence-electron chi connectivity index (χ2n) is 8.87. The Morgan fingerprint density at radius 1 is 1.22 bits per heavy atom. The average Bonchev–Trinajstić information content (AvgIpc) is 3.21. The number of halogens is 1. The lowest BCUT2D eigenvalue weighted by Gasteiger charge is -2.20. The van der Waals surface area contributed by atoms with Gasteiger partial charge in [-0.15, -0.1) is 0 Å². The van der Waals surface area contributed by atoms with Gasteiger partial charge in [0.1, 0.15) is 16.8 Å². The Bertz CT molecular complexity index is 1240. The number of fused-ring (bicyclic) bond motifs is 1. The maximum absolute atomic E-state index is 12.3. The molecule has 2 atom stereocenters. The van der Waals surface area contributed by atoms with Gasteiger partial charge >= 0.3 is 13.9 Å². The molecule has 2 aromatic heterocycles. The van der Waals surface area contributed by atoms with Crippen molar-refractivity contribution in [1.82, 2.24) is 24.6 Å². The minimum atomic E-state index is -1.96. The van der Waals surface area contributed by atoms with Gasteiger partial charge in [-0.2, -0.15) is 0 Å². The molecule has 14 heteroatoms. The third-order valence-corrected chi connectivity index (χ3v) is 6.43. The van der Waals surface area contributed by atoms with Crippen LogP contribution in [0.15, 0.2) is 36.9 Å². The molecule has 0 aliphatic carbocycles. The fraction of sp³-hybridized carbons (Fsp3) is 0.435. The Labute approximate surface area is 227 Å². The number of carbonyl (C=O) groups is 1. The Kier molecular flexibility index (Phi) is 11.3. The highest BCUT2D eigenvalue weighted by Gasteiger charge is 2.38. The van der Waals surface area contributed by atoms with Crippen molar-refractivity contribution in [3.8, 4) is 0 Å². The van der Waals surface area contributed by atoms with E-state index in [1.54, 1.807) is 62.9 Å². The van der Waals surface area contributed by atoms with Crippen molar-refractivity contribution in [2.24, 2.45) is 5.73 Å². The summed E-state index contributed by atoms with van der Waals surface area (Å²) in [4.78, 5) is 24.7. The number of ether oxygens (including phenoxy) is 2. The van der Waals surface area contributed by atoms with E-state index in [2.05, 4.69) is 20.0 Å². The molecule has 3 rings (SSSR count). The smallest absolute Gasteiger partial charge is 0.461 e. The highest BCUT2D eigenvalue weighted by molar-refractivity contribution is 7.80. The first-order valence-electron chi connectivity index (χ1n) is 11.3. The van der Waals surface area contributed by atoms with E-state index in [9.17, 15) is 9.36 Å². The second-order valence-corrected chi connectivity index (χ2v) is 11.0. The second kappa shape index (κ2) is 13.7. The number of nitrogens with one attached hydrogen (secondary N) is 1. The zero-order chi connectivity index (χ0) is 27.8. The van der Waals surface area contributed by atoms with Crippen LogP contribution in [-0.2, 0) is 25.4 Å². The molecule has 0 aliphatic rings. The highest BCUT2D eigenvalue weighted by Crippen LogP contribution is 2.23. The number of anilines is 1. The molecule has 0 saturated carbocycles. The summed E-state index contributed by atoms with van der Waals surface area (Å²) in [5, 5.41) is 3.46. The number of nitrogens with two attached hydrogens (primary N) is 2. The number of esters is 1. The number of hydrogen-bond donors (Lipinski definition) is 3. The summed E-state index contributed by atoms with van der Waals surface area (Å²) in [6.07, 6.45) is 2.44. The Hall–Kier alpha value is -2.76. The molecule has 0 amide bonds. The lowest BCUT2D eigenvalue weighted by molar-refractivity contribution is -0.153. The van der Waals surface area contributed by atoms with Crippen molar-refractivity contribution in [2.75, 3.05) is 12.1 Å². The van der Waals surface area contributed by atoms with E-state index in [-0.39, 0.29) is 18.6 Å². The fourth-order valence-electron chi connectivity index (χ4n) is 2.92. The van der Waals surface area contributed by atoms with E-state index in [4.69, 9.17) is 44.8 Å². The number of benzene rings is 1. The van der Waals surface area contributed by atoms with Crippen LogP contribution in [0.2, 0.25) is 5.02 Å². The summed E-state index contributed by atoms with van der Waals surface area (Å²) in [5.41, 5.74) is 12.0. The van der Waals surface area contributed by atoms with Gasteiger partial charge in [0.25, 0.3) is 6.35 Å². The van der Waals surface area contributed by atoms with Gasteiger partial charge in [0.05, 0.1) is 25.1 Å². The lowest BCUT2D eigenvalue weighted by atomic mass is 10.1. The Morgan fingerprint density at radius 3 is 2.46 bits per heavy atom. The molecule has 0 fully saturated rings. The number of nitrogens with zero attached hydrogens (tertiary/aromatic N) is 4. The van der Waals surface area contributed by atoms with E-state index in [1.165, 1.54) is 6.33 Å². The van der Waals surface area contributed by atoms with Crippen LogP contribution >= 0.6 is 31.8 Å². The van der Waals surface area contributed by atoms with Crippen molar-refractivity contribution in [1.29, 1.82) is 0 Å². The van der Waals surface area contributed by atoms with Crippen LogP contribution in [0, 0.1) is 0 Å². The largest absolute Gasteiger partial charge is 0.462 e. The van der Waals surface area contributed by atoms with Crippen LogP contribution in [0.4, 0.5) is 5.82 Å². The normalized spacial score (nSPS) is 12.6. The lowest BCUT2D eigenvalue weighted by Crippen LogP contribution is -2.45. The monoisotopic (exact) mass is 568 g/mol. The number of aromatic nitrogens is 4. The van der Waals surface area contributed by atoms with Crippen molar-refractivity contribution >= 4 is 59.7 Å². The molecular weight excluding hydrogens is 537 g/mol. The number of imidazole rings is 1. The minimum absolute atomic E-state index is 0.0430. The maximum Gasteiger partial charge on any atom is 0.461 e. The average molecular weight is 569 g/mol. The third-order valence-electron chi connectivity index (χ3n) is 4.75. The summed E-state index contributed by atoms with van der Waals surface area (Å²) in [5.74, 6) is -0.147. The standard InChI is InChI=1S/C16H26N6O4P.C7H6ClNS/c1-10(2)26-15(23)16(4,5)21-27(24)9-25-11(3)6-22-8-20-12-13(17)18-7-19-14(12)22;8-6-3-1-5(2-4-6)7(9)10/h7-8,10-11H,6,9H2,1-5H3,(H,21,24)(H2,17,18,19);1-4H,(H2,9,10)/q+1;. The first-order valence-corrected chi connectivity index (χ1v) is 13.5. The molecule has 3 aromatic rings. The number of carbonyl (C=O) groups excluding carboxylic acids is 1. The van der Waals surface area contributed by atoms with Crippen LogP contribution in [-0.4, -0.2) is 54.6 Å². The van der Waals surface area contributed by atoms with Gasteiger partial charge in [-0.1, -0.05) is 41.0 Å². The first-order chi connectivity index (χ1) is 17.3. The van der Waals surface area contributed by atoms with Crippen molar-refractivity contribution < 1.29 is 18.8 Å². The zero-order valence-electron chi connectivity index (χ0n) is 21.3.